The quantitative estimate of drug-likeness (QED) is 0.203. The maximum absolute atomic E-state index is 5.13. The van der Waals surface area contributed by atoms with Crippen LogP contribution < -0.4 is 0 Å². The Hall–Kier alpha value is -5.52. The zero-order chi connectivity index (χ0) is 29.5. The third kappa shape index (κ3) is 4.64. The summed E-state index contributed by atoms with van der Waals surface area (Å²) in [5.74, 6) is 1.97. The van der Waals surface area contributed by atoms with Gasteiger partial charge in [-0.2, -0.15) is 0 Å². The number of nitrogens with zero attached hydrogens (tertiary/aromatic N) is 4. The molecule has 8 aromatic rings. The Morgan fingerprint density at radius 3 is 1.80 bits per heavy atom. The topological polar surface area (TPSA) is 51.6 Å². The molecule has 5 heteroatoms. The van der Waals surface area contributed by atoms with E-state index < -0.39 is 0 Å². The highest BCUT2D eigenvalue weighted by atomic mass is 32.1. The standard InChI is InChI=1S/C39H26N4S/c1-25-24-40-21-20-29(25)31-17-9-8-16-30(31)28-22-33-32-18-10-11-19-35(32)44-36(33)34(23-28)39-42-37(26-12-4-2-5-13-26)41-38(43-39)27-14-6-3-7-15-27/h2-24H,1H3. The van der Waals surface area contributed by atoms with Crippen LogP contribution in [0.2, 0.25) is 0 Å². The van der Waals surface area contributed by atoms with Crippen LogP contribution in [0.1, 0.15) is 5.56 Å². The molecule has 0 atom stereocenters. The molecule has 0 radical (unpaired) electrons. The van der Waals surface area contributed by atoms with Crippen molar-refractivity contribution >= 4 is 31.5 Å². The number of aromatic nitrogens is 4. The molecule has 0 saturated heterocycles. The van der Waals surface area contributed by atoms with Crippen molar-refractivity contribution in [3.8, 4) is 56.4 Å². The summed E-state index contributed by atoms with van der Waals surface area (Å²) in [5, 5.41) is 2.43. The molecule has 0 fully saturated rings. The first-order valence-corrected chi connectivity index (χ1v) is 15.4. The molecule has 0 aliphatic carbocycles. The largest absolute Gasteiger partial charge is 0.264 e. The average Bonchev–Trinajstić information content (AvgIpc) is 3.47. The summed E-state index contributed by atoms with van der Waals surface area (Å²) >= 11 is 1.78. The Labute approximate surface area is 259 Å². The maximum atomic E-state index is 5.13. The molecule has 0 amide bonds. The van der Waals surface area contributed by atoms with Gasteiger partial charge in [0.15, 0.2) is 17.5 Å². The molecule has 0 bridgehead atoms. The van der Waals surface area contributed by atoms with Gasteiger partial charge in [-0.1, -0.05) is 103 Å². The van der Waals surface area contributed by atoms with Crippen LogP contribution >= 0.6 is 11.3 Å². The van der Waals surface area contributed by atoms with Crippen LogP contribution in [-0.2, 0) is 0 Å². The fourth-order valence-corrected chi connectivity index (χ4v) is 7.02. The average molecular weight is 583 g/mol. The Morgan fingerprint density at radius 1 is 0.477 bits per heavy atom. The number of hydrogen-bond donors (Lipinski definition) is 0. The van der Waals surface area contributed by atoms with Gasteiger partial charge in [0.25, 0.3) is 0 Å². The molecule has 5 aromatic carbocycles. The van der Waals surface area contributed by atoms with Crippen molar-refractivity contribution in [2.45, 2.75) is 6.92 Å². The van der Waals surface area contributed by atoms with E-state index in [2.05, 4.69) is 78.6 Å². The lowest BCUT2D eigenvalue weighted by Gasteiger charge is -2.14. The van der Waals surface area contributed by atoms with Crippen LogP contribution in [0, 0.1) is 6.92 Å². The molecular weight excluding hydrogens is 557 g/mol. The van der Waals surface area contributed by atoms with Gasteiger partial charge >= 0.3 is 0 Å². The lowest BCUT2D eigenvalue weighted by molar-refractivity contribution is 1.08. The number of pyridine rings is 1. The second-order valence-corrected chi connectivity index (χ2v) is 11.8. The monoisotopic (exact) mass is 582 g/mol. The minimum atomic E-state index is 0.655. The van der Waals surface area contributed by atoms with Crippen molar-refractivity contribution in [2.24, 2.45) is 0 Å². The highest BCUT2D eigenvalue weighted by molar-refractivity contribution is 7.26. The Balaban J connectivity index is 1.44. The van der Waals surface area contributed by atoms with Crippen molar-refractivity contribution in [2.75, 3.05) is 0 Å². The summed E-state index contributed by atoms with van der Waals surface area (Å²) in [7, 11) is 0. The molecule has 0 unspecified atom stereocenters. The van der Waals surface area contributed by atoms with E-state index in [4.69, 9.17) is 15.0 Å². The predicted molar refractivity (Wildman–Crippen MR) is 182 cm³/mol. The molecule has 0 aliphatic rings. The second-order valence-electron chi connectivity index (χ2n) is 10.8. The van der Waals surface area contributed by atoms with E-state index in [-0.39, 0.29) is 0 Å². The van der Waals surface area contributed by atoms with Gasteiger partial charge < -0.3 is 0 Å². The summed E-state index contributed by atoms with van der Waals surface area (Å²) in [4.78, 5) is 19.5. The van der Waals surface area contributed by atoms with Gasteiger partial charge in [-0.05, 0) is 59.0 Å². The van der Waals surface area contributed by atoms with E-state index in [1.165, 1.54) is 26.6 Å². The number of benzene rings is 5. The van der Waals surface area contributed by atoms with Crippen LogP contribution in [-0.4, -0.2) is 19.9 Å². The van der Waals surface area contributed by atoms with Gasteiger partial charge in [0.2, 0.25) is 0 Å². The molecule has 0 saturated carbocycles. The van der Waals surface area contributed by atoms with Crippen molar-refractivity contribution in [3.63, 3.8) is 0 Å². The third-order valence-electron chi connectivity index (χ3n) is 7.97. The lowest BCUT2D eigenvalue weighted by Crippen LogP contribution is -2.00. The van der Waals surface area contributed by atoms with Crippen LogP contribution in [0.25, 0.3) is 76.6 Å². The maximum Gasteiger partial charge on any atom is 0.165 e. The first-order chi connectivity index (χ1) is 21.7. The van der Waals surface area contributed by atoms with Crippen molar-refractivity contribution in [1.82, 2.24) is 19.9 Å². The minimum Gasteiger partial charge on any atom is -0.264 e. The lowest BCUT2D eigenvalue weighted by atomic mass is 9.91. The number of fused-ring (bicyclic) bond motifs is 3. The normalized spacial score (nSPS) is 11.3. The molecule has 208 valence electrons. The summed E-state index contributed by atoms with van der Waals surface area (Å²) in [6.07, 6.45) is 3.79. The van der Waals surface area contributed by atoms with Gasteiger partial charge in [0, 0.05) is 49.3 Å². The third-order valence-corrected chi connectivity index (χ3v) is 9.19. The van der Waals surface area contributed by atoms with Gasteiger partial charge in [-0.3, -0.25) is 4.98 Å². The highest BCUT2D eigenvalue weighted by Gasteiger charge is 2.19. The zero-order valence-electron chi connectivity index (χ0n) is 24.0. The fourth-order valence-electron chi connectivity index (χ4n) is 5.82. The molecule has 0 spiro atoms. The molecule has 0 N–H and O–H groups in total. The van der Waals surface area contributed by atoms with Crippen molar-refractivity contribution < 1.29 is 0 Å². The number of thiophene rings is 1. The van der Waals surface area contributed by atoms with Crippen molar-refractivity contribution in [3.05, 3.63) is 145 Å². The van der Waals surface area contributed by atoms with Gasteiger partial charge in [-0.25, -0.2) is 15.0 Å². The molecule has 0 aliphatic heterocycles. The van der Waals surface area contributed by atoms with Crippen LogP contribution in [0.3, 0.4) is 0 Å². The van der Waals surface area contributed by atoms with Crippen LogP contribution in [0.15, 0.2) is 140 Å². The second kappa shape index (κ2) is 11.0. The van der Waals surface area contributed by atoms with E-state index in [9.17, 15) is 0 Å². The fraction of sp³-hybridized carbons (Fsp3) is 0.0256. The van der Waals surface area contributed by atoms with E-state index >= 15 is 0 Å². The predicted octanol–water partition coefficient (Wildman–Crippen LogP) is 10.3. The zero-order valence-corrected chi connectivity index (χ0v) is 24.8. The molecule has 3 aromatic heterocycles. The van der Waals surface area contributed by atoms with Gasteiger partial charge in [0.1, 0.15) is 0 Å². The molecule has 4 nitrogen and oxygen atoms in total. The number of hydrogen-bond acceptors (Lipinski definition) is 5. The smallest absolute Gasteiger partial charge is 0.165 e. The number of rotatable bonds is 5. The van der Waals surface area contributed by atoms with E-state index in [1.807, 2.05) is 73.1 Å². The van der Waals surface area contributed by atoms with Crippen LogP contribution in [0.5, 0.6) is 0 Å². The summed E-state index contributed by atoms with van der Waals surface area (Å²) in [6, 6.07) is 44.2. The molecule has 8 rings (SSSR count). The highest BCUT2D eigenvalue weighted by Crippen LogP contribution is 2.44. The molecular formula is C39H26N4S. The first-order valence-electron chi connectivity index (χ1n) is 14.6. The van der Waals surface area contributed by atoms with Crippen LogP contribution in [0.4, 0.5) is 0 Å². The number of aryl methyl sites for hydroxylation is 1. The van der Waals surface area contributed by atoms with E-state index in [1.54, 1.807) is 11.3 Å². The van der Waals surface area contributed by atoms with Gasteiger partial charge in [0.05, 0.1) is 0 Å². The molecule has 3 heterocycles. The van der Waals surface area contributed by atoms with Crippen molar-refractivity contribution in [1.29, 1.82) is 0 Å². The molecule has 44 heavy (non-hydrogen) atoms. The Kier molecular flexibility index (Phi) is 6.51. The SMILES string of the molecule is Cc1cnccc1-c1ccccc1-c1cc(-c2nc(-c3ccccc3)nc(-c3ccccc3)n2)c2sc3ccccc3c2c1. The first kappa shape index (κ1) is 26.1. The Bertz CT molecular complexity index is 2230. The van der Waals surface area contributed by atoms with E-state index in [0.29, 0.717) is 17.5 Å². The summed E-state index contributed by atoms with van der Waals surface area (Å²) in [5.41, 5.74) is 8.65. The summed E-state index contributed by atoms with van der Waals surface area (Å²) < 4.78 is 2.40. The minimum absolute atomic E-state index is 0.655. The van der Waals surface area contributed by atoms with Gasteiger partial charge in [-0.15, -0.1) is 11.3 Å². The Morgan fingerprint density at radius 2 is 1.09 bits per heavy atom. The summed E-state index contributed by atoms with van der Waals surface area (Å²) in [6.45, 7) is 2.11. The van der Waals surface area contributed by atoms with E-state index in [0.717, 1.165) is 38.1 Å².